The fraction of sp³-hybridized carbons (Fsp3) is 0.464. The van der Waals surface area contributed by atoms with Crippen molar-refractivity contribution in [3.63, 3.8) is 0 Å². The maximum atomic E-state index is 11.1. The summed E-state index contributed by atoms with van der Waals surface area (Å²) in [4.78, 5) is 32.3. The summed E-state index contributed by atoms with van der Waals surface area (Å²) in [5.41, 5.74) is 4.80. The normalized spacial score (nSPS) is 14.7. The molecule has 0 bridgehead atoms. The zero-order valence-corrected chi connectivity index (χ0v) is 34.3. The van der Waals surface area contributed by atoms with Gasteiger partial charge in [-0.05, 0) is 67.7 Å². The molecule has 1 amide bonds. The topological polar surface area (TPSA) is 134 Å². The maximum absolute atomic E-state index is 11.1. The van der Waals surface area contributed by atoms with Gasteiger partial charge < -0.3 is 14.8 Å². The summed E-state index contributed by atoms with van der Waals surface area (Å²) < 4.78 is 10.5. The first-order valence-electron chi connectivity index (χ1n) is 12.7. The predicted octanol–water partition coefficient (Wildman–Crippen LogP) is 6.72. The van der Waals surface area contributed by atoms with Crippen molar-refractivity contribution in [2.24, 2.45) is 5.92 Å². The molecule has 242 valence electrons. The number of ether oxygens (including phenoxy) is 2. The Balaban J connectivity index is 0.000000705. The zero-order valence-electron chi connectivity index (χ0n) is 23.6. The third-order valence-corrected chi connectivity index (χ3v) is 6.65. The van der Waals surface area contributed by atoms with E-state index < -0.39 is 4.92 Å². The number of nitro groups is 2. The first-order valence-corrected chi connectivity index (χ1v) is 31.6. The number of nitrogens with zero attached hydrogens (tertiary/aromatic N) is 2. The summed E-state index contributed by atoms with van der Waals surface area (Å²) in [6, 6.07) is 6.58. The van der Waals surface area contributed by atoms with Crippen LogP contribution in [0, 0.1) is 26.1 Å². The number of carbonyl (C=O) groups excluding carboxylic acids is 1. The third-order valence-electron chi connectivity index (χ3n) is 6.65. The molecular formula is C28H37I5N3O7-. The van der Waals surface area contributed by atoms with E-state index in [1.54, 1.807) is 12.1 Å². The fourth-order valence-corrected chi connectivity index (χ4v) is 5.03. The molecule has 43 heavy (non-hydrogen) atoms. The quantitative estimate of drug-likeness (QED) is 0.152. The number of fused-ring (bicyclic) bond motifs is 2. The number of amides is 1. The van der Waals surface area contributed by atoms with Crippen LogP contribution < -0.4 is 28.0 Å². The number of allylic oxidation sites excluding steroid dienone is 1. The van der Waals surface area contributed by atoms with Crippen LogP contribution in [0.3, 0.4) is 0 Å². The number of hydrogen-bond acceptors (Lipinski definition) is 7. The van der Waals surface area contributed by atoms with Gasteiger partial charge in [-0.3, -0.25) is 25.0 Å². The third kappa shape index (κ3) is 13.5. The number of methoxy groups -OCH3 is 2. The number of nitrogens with one attached hydrogen (secondary N) is 1. The van der Waals surface area contributed by atoms with Gasteiger partial charge in [-0.15, -0.1) is 0 Å². The Morgan fingerprint density at radius 2 is 1.44 bits per heavy atom. The molecule has 0 radical (unpaired) electrons. The second-order valence-electron chi connectivity index (χ2n) is 9.42. The van der Waals surface area contributed by atoms with Gasteiger partial charge in [-0.1, -0.05) is 26.8 Å². The second-order valence-corrected chi connectivity index (χ2v) is 25.7. The Labute approximate surface area is 306 Å². The van der Waals surface area contributed by atoms with Crippen LogP contribution in [-0.4, -0.2) is 30.0 Å². The monoisotopic (exact) mass is 1160 g/mol. The average molecular weight is 1160 g/mol. The van der Waals surface area contributed by atoms with E-state index in [1.807, 2.05) is 12.1 Å². The van der Waals surface area contributed by atoms with Gasteiger partial charge in [0, 0.05) is 73.1 Å². The van der Waals surface area contributed by atoms with Crippen molar-refractivity contribution in [2.45, 2.75) is 66.2 Å². The molecule has 0 saturated carbocycles. The van der Waals surface area contributed by atoms with Gasteiger partial charge >= 0.3 is 61.9 Å². The molecule has 1 atom stereocenters. The van der Waals surface area contributed by atoms with Crippen LogP contribution in [0.2, 0.25) is 0 Å². The molecule has 0 aromatic heterocycles. The summed E-state index contributed by atoms with van der Waals surface area (Å²) in [6.45, 7) is 3.69. The first-order chi connectivity index (χ1) is 20.1. The van der Waals surface area contributed by atoms with Gasteiger partial charge in [-0.2, -0.15) is 0 Å². The number of nitro benzene ring substituents is 2. The molecule has 0 heterocycles. The van der Waals surface area contributed by atoms with Crippen LogP contribution >= 0.6 is 74.5 Å². The van der Waals surface area contributed by atoms with Crippen LogP contribution in [0.25, 0.3) is 6.08 Å². The molecule has 2 aromatic rings. The van der Waals surface area contributed by atoms with Crippen molar-refractivity contribution in [3.8, 4) is 11.5 Å². The number of halogens is 5. The van der Waals surface area contributed by atoms with E-state index in [1.165, 1.54) is 39.2 Å². The molecule has 15 heteroatoms. The molecule has 0 unspecified atom stereocenters. The van der Waals surface area contributed by atoms with E-state index in [4.69, 9.17) is 9.47 Å². The van der Waals surface area contributed by atoms with Crippen LogP contribution in [-0.2, 0) is 24.1 Å². The van der Waals surface area contributed by atoms with E-state index >= 15 is 0 Å². The standard InChI is InChI=1S/C14H16N2O4.C13H17NO3.CH4.I3.I2/c1-9(17)15-11-4-3-5-12-10(8-11)6-7-13(16(18)19)14(12)20-2;1-9-4-3-5-11-10(8-9)6-7-12(14(15)16)13(11)17-2;;1-3-2;1-2/h6-8H,3-5H2,1-2H3,(H,15,17);6-7,9H,3-5,8H2,1-2H3;1H4;;/q;;;-1;/t;9-;;;/m.0.../s1. The molecule has 0 aliphatic heterocycles. The fourth-order valence-electron chi connectivity index (χ4n) is 5.03. The summed E-state index contributed by atoms with van der Waals surface area (Å²) in [7, 11) is 2.95. The van der Waals surface area contributed by atoms with E-state index in [0.29, 0.717) is 37.1 Å². The molecule has 2 aromatic carbocycles. The Morgan fingerprint density at radius 1 is 0.930 bits per heavy atom. The van der Waals surface area contributed by atoms with E-state index in [2.05, 4.69) is 86.7 Å². The molecule has 4 rings (SSSR count). The first kappa shape index (κ1) is 42.7. The predicted molar refractivity (Wildman–Crippen MR) is 203 cm³/mol. The molecule has 0 spiro atoms. The van der Waals surface area contributed by atoms with E-state index in [-0.39, 0.29) is 29.6 Å². The number of benzene rings is 2. The van der Waals surface area contributed by atoms with Gasteiger partial charge in [0.25, 0.3) is 0 Å². The van der Waals surface area contributed by atoms with Crippen LogP contribution in [0.4, 0.5) is 11.4 Å². The molecule has 2 aliphatic rings. The van der Waals surface area contributed by atoms with Crippen LogP contribution in [0.15, 0.2) is 30.0 Å². The van der Waals surface area contributed by atoms with E-state index in [9.17, 15) is 25.0 Å². The summed E-state index contributed by atoms with van der Waals surface area (Å²) in [6.07, 6.45) is 8.18. The molecule has 0 saturated heterocycles. The summed E-state index contributed by atoms with van der Waals surface area (Å²) in [5.74, 6) is 1.30. The SMILES string of the molecule is C.COc1c([N+](=O)[O-])ccc2c1CCCC(NC(C)=O)=C2.COc1c([N+](=O)[O-])ccc2c1CCC[C@H](C)C2.II.I[I-]I. The van der Waals surface area contributed by atoms with Crippen LogP contribution in [0.1, 0.15) is 69.2 Å². The number of carbonyl (C=O) groups is 1. The van der Waals surface area contributed by atoms with Crippen molar-refractivity contribution in [1.82, 2.24) is 5.32 Å². The van der Waals surface area contributed by atoms with Gasteiger partial charge in [0.2, 0.25) is 11.7 Å². The minimum atomic E-state index is -0.442. The van der Waals surface area contributed by atoms with E-state index in [0.717, 1.165) is 54.5 Å². The number of rotatable bonds is 5. The Kier molecular flexibility index (Phi) is 22.9. The van der Waals surface area contributed by atoms with Gasteiger partial charge in [0.1, 0.15) is 0 Å². The number of hydrogen-bond donors (Lipinski definition) is 1. The minimum absolute atomic E-state index is 0. The Bertz CT molecular complexity index is 1260. The molecule has 0 fully saturated rings. The average Bonchev–Trinajstić information content (AvgIpc) is 3.27. The van der Waals surface area contributed by atoms with Crippen molar-refractivity contribution < 1.29 is 37.4 Å². The summed E-state index contributed by atoms with van der Waals surface area (Å²) >= 11 is 9.54. The van der Waals surface area contributed by atoms with Gasteiger partial charge in [-0.25, -0.2) is 0 Å². The second kappa shape index (κ2) is 23.1. The molecule has 1 N–H and O–H groups in total. The molecular weight excluding hydrogens is 1120 g/mol. The zero-order chi connectivity index (χ0) is 31.8. The molecule has 10 nitrogen and oxygen atoms in total. The van der Waals surface area contributed by atoms with Crippen molar-refractivity contribution in [2.75, 3.05) is 14.2 Å². The summed E-state index contributed by atoms with van der Waals surface area (Å²) in [5, 5.41) is 24.7. The van der Waals surface area contributed by atoms with Gasteiger partial charge in [0.15, 0.2) is 5.75 Å². The van der Waals surface area contributed by atoms with Gasteiger partial charge in [0.05, 0.1) is 24.1 Å². The van der Waals surface area contributed by atoms with Crippen molar-refractivity contribution in [3.05, 3.63) is 72.4 Å². The Morgan fingerprint density at radius 3 is 1.95 bits per heavy atom. The Hall–Kier alpha value is -0.300. The van der Waals surface area contributed by atoms with Crippen molar-refractivity contribution >= 4 is 97.8 Å². The van der Waals surface area contributed by atoms with Crippen LogP contribution in [0.5, 0.6) is 11.5 Å². The van der Waals surface area contributed by atoms with Crippen molar-refractivity contribution in [1.29, 1.82) is 0 Å². The molecule has 2 aliphatic carbocycles.